The first kappa shape index (κ1) is 9.40. The molecule has 13 heavy (non-hydrogen) atoms. The molecule has 5 heteroatoms. The Morgan fingerprint density at radius 2 is 2.38 bits per heavy atom. The first-order valence-electron chi connectivity index (χ1n) is 3.64. The van der Waals surface area contributed by atoms with Crippen molar-refractivity contribution < 1.29 is 0 Å². The van der Waals surface area contributed by atoms with Gasteiger partial charge in [-0.3, -0.25) is 0 Å². The number of hydrogen-bond acceptors (Lipinski definition) is 3. The van der Waals surface area contributed by atoms with Gasteiger partial charge in [0.2, 0.25) is 0 Å². The smallest absolute Gasteiger partial charge is 0.138 e. The monoisotopic (exact) mass is 276 g/mol. The molecule has 0 unspecified atom stereocenters. The normalized spacial score (nSPS) is 11.0. The fraction of sp³-hybridized carbons (Fsp3) is 0.125. The van der Waals surface area contributed by atoms with E-state index in [9.17, 15) is 0 Å². The lowest BCUT2D eigenvalue weighted by molar-refractivity contribution is 1.07. The number of rotatable bonds is 1. The Kier molecular flexibility index (Phi) is 2.55. The first-order chi connectivity index (χ1) is 6.24. The molecule has 2 N–H and O–H groups in total. The molecule has 0 aromatic carbocycles. The summed E-state index contributed by atoms with van der Waals surface area (Å²) in [7, 11) is 0. The van der Waals surface area contributed by atoms with Crippen molar-refractivity contribution in [3.05, 3.63) is 26.8 Å². The molecule has 0 spiro atoms. The molecule has 68 valence electrons. The molecular weight excluding hydrogens is 272 g/mol. The van der Waals surface area contributed by atoms with Crippen LogP contribution in [0.3, 0.4) is 0 Å². The summed E-state index contributed by atoms with van der Waals surface area (Å²) in [4.78, 5) is 4.07. The SMILES string of the molecule is NCc1cnc(Cl)c2c(Br)csc12. The quantitative estimate of drug-likeness (QED) is 0.813. The highest BCUT2D eigenvalue weighted by Gasteiger charge is 2.09. The Morgan fingerprint density at radius 1 is 1.62 bits per heavy atom. The van der Waals surface area contributed by atoms with Crippen LogP contribution < -0.4 is 5.73 Å². The van der Waals surface area contributed by atoms with Gasteiger partial charge in [-0.15, -0.1) is 11.3 Å². The maximum absolute atomic E-state index is 5.96. The van der Waals surface area contributed by atoms with Crippen LogP contribution in [0.25, 0.3) is 10.1 Å². The molecule has 0 aliphatic heterocycles. The molecule has 2 nitrogen and oxygen atoms in total. The lowest BCUT2D eigenvalue weighted by Crippen LogP contribution is -1.97. The summed E-state index contributed by atoms with van der Waals surface area (Å²) in [6, 6.07) is 0. The van der Waals surface area contributed by atoms with E-state index < -0.39 is 0 Å². The Bertz CT molecular complexity index is 455. The van der Waals surface area contributed by atoms with Crippen LogP contribution in [0.5, 0.6) is 0 Å². The van der Waals surface area contributed by atoms with Gasteiger partial charge in [-0.2, -0.15) is 0 Å². The van der Waals surface area contributed by atoms with E-state index in [-0.39, 0.29) is 0 Å². The maximum Gasteiger partial charge on any atom is 0.138 e. The molecule has 2 aromatic heterocycles. The Hall–Kier alpha value is -0.160. The van der Waals surface area contributed by atoms with Crippen LogP contribution in [0.2, 0.25) is 5.15 Å². The van der Waals surface area contributed by atoms with Crippen molar-refractivity contribution in [3.63, 3.8) is 0 Å². The number of thiophene rings is 1. The summed E-state index contributed by atoms with van der Waals surface area (Å²) in [6.45, 7) is 0.494. The minimum Gasteiger partial charge on any atom is -0.326 e. The van der Waals surface area contributed by atoms with Crippen LogP contribution in [0, 0.1) is 0 Å². The minimum absolute atomic E-state index is 0.494. The van der Waals surface area contributed by atoms with Gasteiger partial charge in [0.25, 0.3) is 0 Å². The molecule has 0 amide bonds. The van der Waals surface area contributed by atoms with E-state index >= 15 is 0 Å². The van der Waals surface area contributed by atoms with Gasteiger partial charge in [0.05, 0.1) is 0 Å². The molecular formula is C8H6BrClN2S. The van der Waals surface area contributed by atoms with Crippen molar-refractivity contribution in [3.8, 4) is 0 Å². The van der Waals surface area contributed by atoms with Gasteiger partial charge in [-0.05, 0) is 15.9 Å². The van der Waals surface area contributed by atoms with Gasteiger partial charge in [0.15, 0.2) is 0 Å². The third-order valence-electron chi connectivity index (χ3n) is 1.80. The fourth-order valence-corrected chi connectivity index (χ4v) is 3.33. The lowest BCUT2D eigenvalue weighted by Gasteiger charge is -1.99. The van der Waals surface area contributed by atoms with E-state index in [1.807, 2.05) is 5.38 Å². The zero-order valence-electron chi connectivity index (χ0n) is 6.55. The molecule has 0 radical (unpaired) electrons. The highest BCUT2D eigenvalue weighted by Crippen LogP contribution is 2.36. The average Bonchev–Trinajstić information content (AvgIpc) is 2.50. The van der Waals surface area contributed by atoms with Crippen molar-refractivity contribution in [2.45, 2.75) is 6.54 Å². The van der Waals surface area contributed by atoms with Crippen LogP contribution in [-0.4, -0.2) is 4.98 Å². The maximum atomic E-state index is 5.96. The second-order valence-electron chi connectivity index (χ2n) is 2.57. The molecule has 2 rings (SSSR count). The average molecular weight is 278 g/mol. The van der Waals surface area contributed by atoms with Crippen molar-refractivity contribution in [1.82, 2.24) is 4.98 Å². The highest BCUT2D eigenvalue weighted by atomic mass is 79.9. The van der Waals surface area contributed by atoms with Crippen LogP contribution >= 0.6 is 38.9 Å². The zero-order valence-corrected chi connectivity index (χ0v) is 9.71. The van der Waals surface area contributed by atoms with Gasteiger partial charge >= 0.3 is 0 Å². The summed E-state index contributed by atoms with van der Waals surface area (Å²) in [5.74, 6) is 0. The standard InChI is InChI=1S/C8H6BrClN2S/c9-5-3-13-7-4(1-11)2-12-8(10)6(5)7/h2-3H,1,11H2. The number of hydrogen-bond donors (Lipinski definition) is 1. The zero-order chi connectivity index (χ0) is 9.42. The number of pyridine rings is 1. The molecule has 2 aromatic rings. The van der Waals surface area contributed by atoms with Crippen LogP contribution in [-0.2, 0) is 6.54 Å². The van der Waals surface area contributed by atoms with E-state index in [4.69, 9.17) is 17.3 Å². The number of fused-ring (bicyclic) bond motifs is 1. The molecule has 0 aliphatic carbocycles. The molecule has 0 aliphatic rings. The predicted octanol–water partition coefficient (Wildman–Crippen LogP) is 3.17. The third kappa shape index (κ3) is 1.48. The van der Waals surface area contributed by atoms with Crippen LogP contribution in [0.15, 0.2) is 16.0 Å². The molecule has 0 atom stereocenters. The first-order valence-corrected chi connectivity index (χ1v) is 5.69. The fourth-order valence-electron chi connectivity index (χ4n) is 1.17. The summed E-state index contributed by atoms with van der Waals surface area (Å²) in [6.07, 6.45) is 1.73. The van der Waals surface area contributed by atoms with Gasteiger partial charge < -0.3 is 5.73 Å². The summed E-state index contributed by atoms with van der Waals surface area (Å²) in [5.41, 5.74) is 6.62. The summed E-state index contributed by atoms with van der Waals surface area (Å²) >= 11 is 11.0. The number of aromatic nitrogens is 1. The number of nitrogens with two attached hydrogens (primary N) is 1. The molecule has 0 fully saturated rings. The van der Waals surface area contributed by atoms with Crippen LogP contribution in [0.4, 0.5) is 0 Å². The van der Waals surface area contributed by atoms with E-state index in [0.29, 0.717) is 11.7 Å². The Labute approximate surface area is 92.8 Å². The molecule has 2 heterocycles. The van der Waals surface area contributed by atoms with E-state index in [1.54, 1.807) is 17.5 Å². The largest absolute Gasteiger partial charge is 0.326 e. The summed E-state index contributed by atoms with van der Waals surface area (Å²) in [5, 5.41) is 3.49. The second-order valence-corrected chi connectivity index (χ2v) is 4.66. The topological polar surface area (TPSA) is 38.9 Å². The van der Waals surface area contributed by atoms with Crippen molar-refractivity contribution >= 4 is 49.0 Å². The van der Waals surface area contributed by atoms with Crippen molar-refractivity contribution in [2.24, 2.45) is 5.73 Å². The van der Waals surface area contributed by atoms with Crippen molar-refractivity contribution in [1.29, 1.82) is 0 Å². The van der Waals surface area contributed by atoms with Gasteiger partial charge in [0, 0.05) is 38.2 Å². The Balaban J connectivity index is 2.87. The Morgan fingerprint density at radius 3 is 3.08 bits per heavy atom. The molecule has 0 saturated heterocycles. The summed E-state index contributed by atoms with van der Waals surface area (Å²) < 4.78 is 2.11. The highest BCUT2D eigenvalue weighted by molar-refractivity contribution is 9.10. The molecule has 0 bridgehead atoms. The number of nitrogens with zero attached hydrogens (tertiary/aromatic N) is 1. The lowest BCUT2D eigenvalue weighted by atomic mass is 10.2. The number of halogens is 2. The van der Waals surface area contributed by atoms with E-state index in [1.165, 1.54) is 0 Å². The van der Waals surface area contributed by atoms with Gasteiger partial charge in [0.1, 0.15) is 5.15 Å². The van der Waals surface area contributed by atoms with Gasteiger partial charge in [-0.25, -0.2) is 4.98 Å². The van der Waals surface area contributed by atoms with Crippen LogP contribution in [0.1, 0.15) is 5.56 Å². The van der Waals surface area contributed by atoms with E-state index in [2.05, 4.69) is 20.9 Å². The van der Waals surface area contributed by atoms with Crippen molar-refractivity contribution in [2.75, 3.05) is 0 Å². The third-order valence-corrected chi connectivity index (χ3v) is 4.07. The molecule has 0 saturated carbocycles. The van der Waals surface area contributed by atoms with E-state index in [0.717, 1.165) is 20.1 Å². The second kappa shape index (κ2) is 3.53. The van der Waals surface area contributed by atoms with Gasteiger partial charge in [-0.1, -0.05) is 11.6 Å². The minimum atomic E-state index is 0.494. The predicted molar refractivity (Wildman–Crippen MR) is 60.2 cm³/mol.